The molecule has 0 aliphatic carbocycles. The molecule has 4 nitrogen and oxygen atoms in total. The van der Waals surface area contributed by atoms with E-state index in [2.05, 4.69) is 10.4 Å². The van der Waals surface area contributed by atoms with Gasteiger partial charge in [-0.15, -0.1) is 0 Å². The Kier molecular flexibility index (Phi) is 5.69. The molecule has 24 heavy (non-hydrogen) atoms. The molecule has 0 aliphatic heterocycles. The SMILES string of the molecule is COc1ccc(Cl)cc1C(=NCc1ccc(C(F)(F)F)cc1)NN. The van der Waals surface area contributed by atoms with Gasteiger partial charge in [-0.25, -0.2) is 5.84 Å². The lowest BCUT2D eigenvalue weighted by Gasteiger charge is -2.11. The van der Waals surface area contributed by atoms with E-state index >= 15 is 0 Å². The van der Waals surface area contributed by atoms with Gasteiger partial charge in [-0.3, -0.25) is 4.99 Å². The van der Waals surface area contributed by atoms with E-state index in [-0.39, 0.29) is 6.54 Å². The van der Waals surface area contributed by atoms with E-state index in [1.807, 2.05) is 0 Å². The molecule has 2 rings (SSSR count). The van der Waals surface area contributed by atoms with E-state index < -0.39 is 11.7 Å². The molecule has 0 bridgehead atoms. The van der Waals surface area contributed by atoms with Crippen LogP contribution in [-0.2, 0) is 12.7 Å². The van der Waals surface area contributed by atoms with Crippen LogP contribution in [0.5, 0.6) is 5.75 Å². The van der Waals surface area contributed by atoms with Crippen LogP contribution in [0.4, 0.5) is 13.2 Å². The molecule has 0 fully saturated rings. The number of ether oxygens (including phenoxy) is 1. The van der Waals surface area contributed by atoms with E-state index in [0.29, 0.717) is 27.7 Å². The number of rotatable bonds is 4. The van der Waals surface area contributed by atoms with Gasteiger partial charge in [0.25, 0.3) is 0 Å². The van der Waals surface area contributed by atoms with Gasteiger partial charge in [-0.1, -0.05) is 23.7 Å². The second-order valence-corrected chi connectivity index (χ2v) is 5.28. The summed E-state index contributed by atoms with van der Waals surface area (Å²) in [5.41, 5.74) is 2.92. The summed E-state index contributed by atoms with van der Waals surface area (Å²) in [6, 6.07) is 9.73. The lowest BCUT2D eigenvalue weighted by atomic mass is 10.1. The number of nitrogens with two attached hydrogens (primary N) is 1. The third kappa shape index (κ3) is 4.39. The molecule has 0 heterocycles. The van der Waals surface area contributed by atoms with Crippen molar-refractivity contribution in [2.75, 3.05) is 7.11 Å². The molecule has 2 aromatic carbocycles. The molecule has 0 aliphatic rings. The number of nitrogens with zero attached hydrogens (tertiary/aromatic N) is 1. The second-order valence-electron chi connectivity index (χ2n) is 4.85. The van der Waals surface area contributed by atoms with Crippen LogP contribution in [0.1, 0.15) is 16.7 Å². The van der Waals surface area contributed by atoms with Crippen molar-refractivity contribution in [1.82, 2.24) is 5.43 Å². The first-order valence-electron chi connectivity index (χ1n) is 6.86. The van der Waals surface area contributed by atoms with Crippen molar-refractivity contribution < 1.29 is 17.9 Å². The number of aliphatic imine (C=N–C) groups is 1. The Morgan fingerprint density at radius 1 is 1.21 bits per heavy atom. The van der Waals surface area contributed by atoms with Gasteiger partial charge in [-0.2, -0.15) is 13.2 Å². The Morgan fingerprint density at radius 2 is 1.88 bits per heavy atom. The lowest BCUT2D eigenvalue weighted by molar-refractivity contribution is -0.137. The molecule has 0 saturated heterocycles. The topological polar surface area (TPSA) is 59.6 Å². The largest absolute Gasteiger partial charge is 0.496 e. The van der Waals surface area contributed by atoms with Crippen molar-refractivity contribution >= 4 is 17.4 Å². The maximum absolute atomic E-state index is 12.6. The van der Waals surface area contributed by atoms with Crippen molar-refractivity contribution in [3.05, 3.63) is 64.2 Å². The molecular weight excluding hydrogens is 343 g/mol. The zero-order chi connectivity index (χ0) is 17.7. The molecular formula is C16H15ClF3N3O. The summed E-state index contributed by atoms with van der Waals surface area (Å²) in [6.07, 6.45) is -4.36. The molecule has 3 N–H and O–H groups in total. The highest BCUT2D eigenvalue weighted by Crippen LogP contribution is 2.29. The Balaban J connectivity index is 2.24. The van der Waals surface area contributed by atoms with Crippen LogP contribution < -0.4 is 16.0 Å². The molecule has 8 heteroatoms. The number of hydrazine groups is 1. The minimum Gasteiger partial charge on any atom is -0.496 e. The minimum atomic E-state index is -4.36. The molecule has 0 amide bonds. The molecule has 0 atom stereocenters. The number of hydrogen-bond acceptors (Lipinski definition) is 3. The van der Waals surface area contributed by atoms with Crippen molar-refractivity contribution in [3.8, 4) is 5.75 Å². The van der Waals surface area contributed by atoms with Gasteiger partial charge in [0.1, 0.15) is 11.6 Å². The van der Waals surface area contributed by atoms with E-state index in [4.69, 9.17) is 22.2 Å². The number of hydrogen-bond donors (Lipinski definition) is 2. The predicted molar refractivity (Wildman–Crippen MR) is 87.0 cm³/mol. The number of nitrogens with one attached hydrogen (secondary N) is 1. The first-order chi connectivity index (χ1) is 11.3. The van der Waals surface area contributed by atoms with Crippen LogP contribution >= 0.6 is 11.6 Å². The molecule has 0 saturated carbocycles. The standard InChI is InChI=1S/C16H15ClF3N3O/c1-24-14-7-6-12(17)8-13(14)15(23-21)22-9-10-2-4-11(5-3-10)16(18,19)20/h2-8H,9,21H2,1H3,(H,22,23). The summed E-state index contributed by atoms with van der Waals surface area (Å²) in [4.78, 5) is 4.28. The summed E-state index contributed by atoms with van der Waals surface area (Å²) < 4.78 is 42.9. The predicted octanol–water partition coefficient (Wildman–Crippen LogP) is 3.78. The molecule has 0 aromatic heterocycles. The first kappa shape index (κ1) is 18.1. The molecule has 128 valence electrons. The first-order valence-corrected chi connectivity index (χ1v) is 7.24. The van der Waals surface area contributed by atoms with Crippen LogP contribution in [0.3, 0.4) is 0 Å². The van der Waals surface area contributed by atoms with Crippen LogP contribution in [0.2, 0.25) is 5.02 Å². The molecule has 0 spiro atoms. The minimum absolute atomic E-state index is 0.146. The van der Waals surface area contributed by atoms with Gasteiger partial charge >= 0.3 is 6.18 Å². The highest BCUT2D eigenvalue weighted by Gasteiger charge is 2.29. The van der Waals surface area contributed by atoms with Crippen LogP contribution in [0.25, 0.3) is 0 Å². The number of amidine groups is 1. The van der Waals surface area contributed by atoms with Gasteiger partial charge in [0.15, 0.2) is 0 Å². The van der Waals surface area contributed by atoms with Crippen LogP contribution in [-0.4, -0.2) is 12.9 Å². The third-order valence-electron chi connectivity index (χ3n) is 3.25. The highest BCUT2D eigenvalue weighted by molar-refractivity contribution is 6.31. The maximum Gasteiger partial charge on any atom is 0.416 e. The molecule has 0 unspecified atom stereocenters. The Morgan fingerprint density at radius 3 is 2.42 bits per heavy atom. The van der Waals surface area contributed by atoms with Gasteiger partial charge in [0.2, 0.25) is 0 Å². The van der Waals surface area contributed by atoms with Gasteiger partial charge in [0.05, 0.1) is 24.8 Å². The monoisotopic (exact) mass is 357 g/mol. The van der Waals surface area contributed by atoms with Crippen molar-refractivity contribution in [3.63, 3.8) is 0 Å². The van der Waals surface area contributed by atoms with Crippen molar-refractivity contribution in [2.45, 2.75) is 12.7 Å². The average Bonchev–Trinajstić information content (AvgIpc) is 2.55. The number of benzene rings is 2. The lowest BCUT2D eigenvalue weighted by Crippen LogP contribution is -2.31. The van der Waals surface area contributed by atoms with E-state index in [1.54, 1.807) is 18.2 Å². The molecule has 2 aromatic rings. The quantitative estimate of drug-likeness (QED) is 0.379. The number of halogens is 4. The van der Waals surface area contributed by atoms with E-state index in [9.17, 15) is 13.2 Å². The third-order valence-corrected chi connectivity index (χ3v) is 3.49. The normalized spacial score (nSPS) is 12.2. The smallest absolute Gasteiger partial charge is 0.416 e. The van der Waals surface area contributed by atoms with Gasteiger partial charge in [0, 0.05) is 5.02 Å². The Labute approximate surface area is 142 Å². The van der Waals surface area contributed by atoms with Crippen molar-refractivity contribution in [1.29, 1.82) is 0 Å². The Bertz CT molecular complexity index is 730. The second kappa shape index (κ2) is 7.55. The van der Waals surface area contributed by atoms with E-state index in [1.165, 1.54) is 19.2 Å². The Hall–Kier alpha value is -2.25. The van der Waals surface area contributed by atoms with Crippen molar-refractivity contribution in [2.24, 2.45) is 10.8 Å². The zero-order valence-electron chi connectivity index (χ0n) is 12.7. The fourth-order valence-electron chi connectivity index (χ4n) is 2.04. The number of alkyl halides is 3. The summed E-state index contributed by atoms with van der Waals surface area (Å²) in [5.74, 6) is 6.33. The summed E-state index contributed by atoms with van der Waals surface area (Å²) in [6.45, 7) is 0.146. The van der Waals surface area contributed by atoms with Crippen LogP contribution in [0.15, 0.2) is 47.5 Å². The summed E-state index contributed by atoms with van der Waals surface area (Å²) in [5, 5.41) is 0.475. The number of methoxy groups -OCH3 is 1. The van der Waals surface area contributed by atoms with Gasteiger partial charge in [-0.05, 0) is 35.9 Å². The summed E-state index contributed by atoms with van der Waals surface area (Å²) >= 11 is 5.97. The van der Waals surface area contributed by atoms with Gasteiger partial charge < -0.3 is 10.2 Å². The van der Waals surface area contributed by atoms with Crippen LogP contribution in [0, 0.1) is 0 Å². The zero-order valence-corrected chi connectivity index (χ0v) is 13.4. The molecule has 0 radical (unpaired) electrons. The highest BCUT2D eigenvalue weighted by atomic mass is 35.5. The fourth-order valence-corrected chi connectivity index (χ4v) is 2.22. The fraction of sp³-hybridized carbons (Fsp3) is 0.188. The van der Waals surface area contributed by atoms with E-state index in [0.717, 1.165) is 12.1 Å². The average molecular weight is 358 g/mol. The maximum atomic E-state index is 12.6. The summed E-state index contributed by atoms with van der Waals surface area (Å²) in [7, 11) is 1.50.